The molecule has 1 N–H and O–H groups in total. The molecule has 96 valence electrons. The molecule has 1 atom stereocenters. The number of likely N-dealkylation sites (N-methyl/N-ethyl adjacent to an activating group) is 1. The van der Waals surface area contributed by atoms with Crippen molar-refractivity contribution in [1.82, 2.24) is 5.32 Å². The fourth-order valence-electron chi connectivity index (χ4n) is 1.34. The quantitative estimate of drug-likeness (QED) is 0.665. The highest BCUT2D eigenvalue weighted by Crippen LogP contribution is 2.27. The van der Waals surface area contributed by atoms with E-state index in [2.05, 4.69) is 15.9 Å². The number of hydrogen-bond acceptors (Lipinski definition) is 1. The second-order valence-electron chi connectivity index (χ2n) is 3.41. The van der Waals surface area contributed by atoms with Gasteiger partial charge in [-0.2, -0.15) is 13.2 Å². The molecule has 1 aromatic carbocycles. The highest BCUT2D eigenvalue weighted by molar-refractivity contribution is 9.10. The van der Waals surface area contributed by atoms with E-state index in [9.17, 15) is 22.0 Å². The average molecular weight is 318 g/mol. The molecule has 0 aliphatic heterocycles. The lowest BCUT2D eigenvalue weighted by Crippen LogP contribution is -2.42. The monoisotopic (exact) mass is 317 g/mol. The van der Waals surface area contributed by atoms with Crippen LogP contribution < -0.4 is 5.32 Å². The summed E-state index contributed by atoms with van der Waals surface area (Å²) in [5.41, 5.74) is -0.587. The summed E-state index contributed by atoms with van der Waals surface area (Å²) in [6.07, 6.45) is -5.35. The lowest BCUT2D eigenvalue weighted by molar-refractivity contribution is -0.154. The van der Waals surface area contributed by atoms with Gasteiger partial charge in [0.25, 0.3) is 0 Å². The third-order valence-electron chi connectivity index (χ3n) is 2.29. The molecule has 0 amide bonds. The van der Waals surface area contributed by atoms with Crippen LogP contribution in [0.5, 0.6) is 0 Å². The van der Waals surface area contributed by atoms with Crippen molar-refractivity contribution in [1.29, 1.82) is 0 Å². The van der Waals surface area contributed by atoms with Crippen molar-refractivity contribution in [3.8, 4) is 0 Å². The van der Waals surface area contributed by atoms with Gasteiger partial charge in [0.1, 0.15) is 17.7 Å². The normalized spacial score (nSPS) is 13.8. The first-order chi connectivity index (χ1) is 7.77. The Labute approximate surface area is 103 Å². The Balaban J connectivity index is 3.06. The molecule has 0 aliphatic rings. The molecule has 0 radical (unpaired) electrons. The average Bonchev–Trinajstić information content (AvgIpc) is 2.22. The summed E-state index contributed by atoms with van der Waals surface area (Å²) in [7, 11) is 1.09. The van der Waals surface area contributed by atoms with Crippen molar-refractivity contribution < 1.29 is 22.0 Å². The molecule has 0 fully saturated rings. The van der Waals surface area contributed by atoms with Crippen molar-refractivity contribution >= 4 is 15.9 Å². The lowest BCUT2D eigenvalue weighted by Gasteiger charge is -2.20. The van der Waals surface area contributed by atoms with Crippen LogP contribution in [0.2, 0.25) is 0 Å². The number of benzene rings is 1. The molecule has 0 saturated carbocycles. The topological polar surface area (TPSA) is 12.0 Å². The largest absolute Gasteiger partial charge is 0.404 e. The predicted octanol–water partition coefficient (Wildman–Crippen LogP) is 3.42. The number of rotatable bonds is 3. The number of alkyl halides is 3. The molecular formula is C10H9BrF5N. The van der Waals surface area contributed by atoms with Gasteiger partial charge in [-0.3, -0.25) is 0 Å². The van der Waals surface area contributed by atoms with Gasteiger partial charge in [-0.25, -0.2) is 8.78 Å². The van der Waals surface area contributed by atoms with Crippen LogP contribution in [0.15, 0.2) is 16.6 Å². The van der Waals surface area contributed by atoms with Crippen LogP contribution in [0.1, 0.15) is 5.56 Å². The summed E-state index contributed by atoms with van der Waals surface area (Å²) in [5.74, 6) is -2.00. The Morgan fingerprint density at radius 3 is 2.35 bits per heavy atom. The highest BCUT2D eigenvalue weighted by Gasteiger charge is 2.39. The van der Waals surface area contributed by atoms with E-state index in [4.69, 9.17) is 0 Å². The van der Waals surface area contributed by atoms with E-state index >= 15 is 0 Å². The maximum atomic E-state index is 13.5. The zero-order valence-electron chi connectivity index (χ0n) is 8.71. The lowest BCUT2D eigenvalue weighted by atomic mass is 10.0. The SMILES string of the molecule is CNC(Cc1c(F)ccc(Br)c1F)C(F)(F)F. The van der Waals surface area contributed by atoms with E-state index in [0.29, 0.717) is 0 Å². The molecule has 1 aromatic rings. The van der Waals surface area contributed by atoms with E-state index in [0.717, 1.165) is 19.2 Å². The minimum atomic E-state index is -4.56. The van der Waals surface area contributed by atoms with Crippen LogP contribution in [0.4, 0.5) is 22.0 Å². The molecule has 17 heavy (non-hydrogen) atoms. The van der Waals surface area contributed by atoms with Crippen molar-refractivity contribution in [2.45, 2.75) is 18.6 Å². The third kappa shape index (κ3) is 3.38. The molecule has 0 saturated heterocycles. The summed E-state index contributed by atoms with van der Waals surface area (Å²) in [6.45, 7) is 0. The predicted molar refractivity (Wildman–Crippen MR) is 56.7 cm³/mol. The van der Waals surface area contributed by atoms with Crippen LogP contribution in [0.25, 0.3) is 0 Å². The molecule has 0 spiro atoms. The van der Waals surface area contributed by atoms with Crippen LogP contribution in [0.3, 0.4) is 0 Å². The van der Waals surface area contributed by atoms with E-state index in [1.807, 2.05) is 5.32 Å². The van der Waals surface area contributed by atoms with Crippen molar-refractivity contribution in [3.05, 3.63) is 33.8 Å². The maximum Gasteiger partial charge on any atom is 0.404 e. The molecule has 0 aromatic heterocycles. The molecule has 0 bridgehead atoms. The first-order valence-corrected chi connectivity index (χ1v) is 5.43. The summed E-state index contributed by atoms with van der Waals surface area (Å²) < 4.78 is 64.0. The molecular weight excluding hydrogens is 309 g/mol. The Hall–Kier alpha value is -0.690. The highest BCUT2D eigenvalue weighted by atomic mass is 79.9. The minimum Gasteiger partial charge on any atom is -0.309 e. The Morgan fingerprint density at radius 2 is 1.88 bits per heavy atom. The minimum absolute atomic E-state index is 0.0640. The Bertz CT molecular complexity index is 404. The van der Waals surface area contributed by atoms with Crippen molar-refractivity contribution in [2.75, 3.05) is 7.05 Å². The summed E-state index contributed by atoms with van der Waals surface area (Å²) in [6, 6.07) is 0.0441. The zero-order valence-corrected chi connectivity index (χ0v) is 10.3. The van der Waals surface area contributed by atoms with Gasteiger partial charge in [0.2, 0.25) is 0 Å². The van der Waals surface area contributed by atoms with Gasteiger partial charge in [-0.05, 0) is 35.1 Å². The summed E-state index contributed by atoms with van der Waals surface area (Å²) in [5, 5.41) is 1.99. The number of hydrogen-bond donors (Lipinski definition) is 1. The van der Waals surface area contributed by atoms with Gasteiger partial charge < -0.3 is 5.32 Å². The van der Waals surface area contributed by atoms with Crippen molar-refractivity contribution in [3.63, 3.8) is 0 Å². The maximum absolute atomic E-state index is 13.5. The summed E-state index contributed by atoms with van der Waals surface area (Å²) >= 11 is 2.80. The first kappa shape index (κ1) is 14.4. The second kappa shape index (κ2) is 5.30. The zero-order chi connectivity index (χ0) is 13.2. The first-order valence-electron chi connectivity index (χ1n) is 4.63. The standard InChI is InChI=1S/C10H9BrF5N/c1-17-8(10(14,15)16)4-5-7(12)3-2-6(11)9(5)13/h2-3,8,17H,4H2,1H3. The number of nitrogens with one attached hydrogen (secondary N) is 1. The smallest absolute Gasteiger partial charge is 0.309 e. The van der Waals surface area contributed by atoms with Gasteiger partial charge >= 0.3 is 6.18 Å². The van der Waals surface area contributed by atoms with Gasteiger partial charge in [0, 0.05) is 12.0 Å². The van der Waals surface area contributed by atoms with E-state index < -0.39 is 35.8 Å². The fourth-order valence-corrected chi connectivity index (χ4v) is 1.71. The van der Waals surface area contributed by atoms with Crippen LogP contribution in [-0.2, 0) is 6.42 Å². The second-order valence-corrected chi connectivity index (χ2v) is 4.26. The van der Waals surface area contributed by atoms with Crippen LogP contribution in [0, 0.1) is 11.6 Å². The molecule has 1 nitrogen and oxygen atoms in total. The van der Waals surface area contributed by atoms with Gasteiger partial charge in [0.05, 0.1) is 4.47 Å². The van der Waals surface area contributed by atoms with Gasteiger partial charge in [-0.15, -0.1) is 0 Å². The Kier molecular flexibility index (Phi) is 4.48. The summed E-state index contributed by atoms with van der Waals surface area (Å²) in [4.78, 5) is 0. The number of halogens is 6. The molecule has 1 rings (SSSR count). The van der Waals surface area contributed by atoms with Crippen molar-refractivity contribution in [2.24, 2.45) is 0 Å². The van der Waals surface area contributed by atoms with Gasteiger partial charge in [0.15, 0.2) is 0 Å². The van der Waals surface area contributed by atoms with Crippen LogP contribution >= 0.6 is 15.9 Å². The molecule has 1 unspecified atom stereocenters. The molecule has 7 heteroatoms. The fraction of sp³-hybridized carbons (Fsp3) is 0.400. The van der Waals surface area contributed by atoms with E-state index in [-0.39, 0.29) is 4.47 Å². The van der Waals surface area contributed by atoms with E-state index in [1.54, 1.807) is 0 Å². The Morgan fingerprint density at radius 1 is 1.29 bits per heavy atom. The van der Waals surface area contributed by atoms with Gasteiger partial charge in [-0.1, -0.05) is 0 Å². The van der Waals surface area contributed by atoms with Crippen LogP contribution in [-0.4, -0.2) is 19.3 Å². The van der Waals surface area contributed by atoms with E-state index in [1.165, 1.54) is 0 Å². The molecule has 0 heterocycles. The molecule has 0 aliphatic carbocycles. The third-order valence-corrected chi connectivity index (χ3v) is 2.90.